The molecular formula is C33H32F2N6O2. The molecule has 0 aliphatic carbocycles. The van der Waals surface area contributed by atoms with Crippen molar-refractivity contribution in [2.75, 3.05) is 55.6 Å². The highest BCUT2D eigenvalue weighted by Gasteiger charge is 2.32. The highest BCUT2D eigenvalue weighted by molar-refractivity contribution is 6.02. The Morgan fingerprint density at radius 3 is 2.02 bits per heavy atom. The minimum atomic E-state index is -0.786. The quantitative estimate of drug-likeness (QED) is 0.445. The second kappa shape index (κ2) is 12.1. The van der Waals surface area contributed by atoms with Crippen molar-refractivity contribution >= 4 is 23.2 Å². The van der Waals surface area contributed by atoms with Crippen molar-refractivity contribution in [3.8, 4) is 12.1 Å². The van der Waals surface area contributed by atoms with Gasteiger partial charge in [-0.1, -0.05) is 18.2 Å². The Labute approximate surface area is 249 Å². The summed E-state index contributed by atoms with van der Waals surface area (Å²) in [5.41, 5.74) is 3.62. The topological polar surface area (TPSA) is 94.7 Å². The minimum Gasteiger partial charge on any atom is -0.367 e. The van der Waals surface area contributed by atoms with Crippen LogP contribution in [-0.2, 0) is 0 Å². The number of carbonyl (C=O) groups excluding carboxylic acids is 2. The highest BCUT2D eigenvalue weighted by atomic mass is 19.1. The number of nitrogens with zero attached hydrogens (tertiary/aromatic N) is 6. The van der Waals surface area contributed by atoms with Gasteiger partial charge < -0.3 is 19.6 Å². The van der Waals surface area contributed by atoms with Crippen LogP contribution in [0.1, 0.15) is 49.9 Å². The van der Waals surface area contributed by atoms with E-state index in [1.807, 2.05) is 45.0 Å². The molecule has 0 saturated carbocycles. The number of hydrogen-bond acceptors (Lipinski definition) is 6. The largest absolute Gasteiger partial charge is 0.367 e. The zero-order valence-corrected chi connectivity index (χ0v) is 24.4. The van der Waals surface area contributed by atoms with Gasteiger partial charge in [0.2, 0.25) is 0 Å². The Balaban J connectivity index is 1.29. The number of amides is 2. The third-order valence-electron chi connectivity index (χ3n) is 8.35. The lowest BCUT2D eigenvalue weighted by Gasteiger charge is -2.41. The van der Waals surface area contributed by atoms with Gasteiger partial charge >= 0.3 is 0 Å². The number of halogens is 2. The zero-order chi connectivity index (χ0) is 30.8. The van der Waals surface area contributed by atoms with Gasteiger partial charge in [-0.2, -0.15) is 10.5 Å². The lowest BCUT2D eigenvalue weighted by molar-refractivity contribution is 0.0673. The van der Waals surface area contributed by atoms with Crippen LogP contribution in [0, 0.1) is 48.1 Å². The van der Waals surface area contributed by atoms with Crippen molar-refractivity contribution < 1.29 is 18.4 Å². The van der Waals surface area contributed by atoms with Crippen LogP contribution >= 0.6 is 0 Å². The maximum Gasteiger partial charge on any atom is 0.254 e. The molecule has 3 aromatic carbocycles. The fourth-order valence-corrected chi connectivity index (χ4v) is 5.98. The summed E-state index contributed by atoms with van der Waals surface area (Å²) in [6, 6.07) is 16.4. The first-order chi connectivity index (χ1) is 20.6. The molecule has 10 heteroatoms. The molecule has 0 radical (unpaired) electrons. The van der Waals surface area contributed by atoms with E-state index < -0.39 is 11.6 Å². The second-order valence-electron chi connectivity index (χ2n) is 11.1. The van der Waals surface area contributed by atoms with Crippen LogP contribution in [-0.4, -0.2) is 73.5 Å². The molecule has 0 aromatic heterocycles. The molecule has 2 aliphatic rings. The number of piperazine rings is 2. The molecule has 220 valence electrons. The molecular weight excluding hydrogens is 550 g/mol. The average molecular weight is 583 g/mol. The van der Waals surface area contributed by atoms with Crippen molar-refractivity contribution in [2.45, 2.75) is 26.8 Å². The minimum absolute atomic E-state index is 0.0612. The first-order valence-electron chi connectivity index (χ1n) is 14.2. The Morgan fingerprint density at radius 1 is 0.744 bits per heavy atom. The van der Waals surface area contributed by atoms with E-state index in [1.165, 1.54) is 0 Å². The summed E-state index contributed by atoms with van der Waals surface area (Å²) in [6.45, 7) is 8.56. The monoisotopic (exact) mass is 582 g/mol. The Kier molecular flexibility index (Phi) is 8.31. The summed E-state index contributed by atoms with van der Waals surface area (Å²) in [7, 11) is 0. The first kappa shape index (κ1) is 29.5. The summed E-state index contributed by atoms with van der Waals surface area (Å²) in [4.78, 5) is 34.7. The number of aryl methyl sites for hydroxylation is 2. The maximum atomic E-state index is 14.7. The fourth-order valence-electron chi connectivity index (χ4n) is 5.98. The van der Waals surface area contributed by atoms with Crippen molar-refractivity contribution in [2.24, 2.45) is 0 Å². The number of carbonyl (C=O) groups is 2. The number of para-hydroxylation sites is 1. The van der Waals surface area contributed by atoms with Gasteiger partial charge in [-0.3, -0.25) is 9.59 Å². The van der Waals surface area contributed by atoms with E-state index in [2.05, 4.69) is 11.0 Å². The summed E-state index contributed by atoms with van der Waals surface area (Å²) in [5.74, 6) is -1.83. The number of hydrogen-bond donors (Lipinski definition) is 0. The molecule has 2 fully saturated rings. The van der Waals surface area contributed by atoms with E-state index in [-0.39, 0.29) is 48.7 Å². The van der Waals surface area contributed by atoms with Crippen LogP contribution in [0.4, 0.5) is 20.2 Å². The van der Waals surface area contributed by atoms with Gasteiger partial charge in [0.05, 0.1) is 22.5 Å². The highest BCUT2D eigenvalue weighted by Crippen LogP contribution is 2.28. The summed E-state index contributed by atoms with van der Waals surface area (Å²) >= 11 is 0. The van der Waals surface area contributed by atoms with Gasteiger partial charge in [0.1, 0.15) is 23.8 Å². The fraction of sp³-hybridized carbons (Fsp3) is 0.333. The molecule has 2 aliphatic heterocycles. The van der Waals surface area contributed by atoms with Crippen LogP contribution < -0.4 is 9.80 Å². The smallest absolute Gasteiger partial charge is 0.254 e. The van der Waals surface area contributed by atoms with Crippen LogP contribution in [0.5, 0.6) is 0 Å². The van der Waals surface area contributed by atoms with Gasteiger partial charge in [-0.25, -0.2) is 8.78 Å². The maximum absolute atomic E-state index is 14.7. The molecule has 2 amide bonds. The van der Waals surface area contributed by atoms with E-state index in [9.17, 15) is 23.6 Å². The second-order valence-corrected chi connectivity index (χ2v) is 11.1. The number of nitriles is 2. The van der Waals surface area contributed by atoms with Gasteiger partial charge in [0.15, 0.2) is 0 Å². The van der Waals surface area contributed by atoms with E-state index in [0.717, 1.165) is 28.9 Å². The predicted octanol–water partition coefficient (Wildman–Crippen LogP) is 4.64. The lowest BCUT2D eigenvalue weighted by atomic mass is 9.97. The van der Waals surface area contributed by atoms with Crippen LogP contribution in [0.2, 0.25) is 0 Å². The Hall–Kier alpha value is -4.96. The molecule has 1 atom stereocenters. The Bertz CT molecular complexity index is 1670. The van der Waals surface area contributed by atoms with Crippen LogP contribution in [0.15, 0.2) is 48.5 Å². The van der Waals surface area contributed by atoms with Gasteiger partial charge in [0, 0.05) is 69.0 Å². The average Bonchev–Trinajstić information content (AvgIpc) is 3.01. The normalized spacial score (nSPS) is 17.0. The molecule has 0 N–H and O–H groups in total. The predicted molar refractivity (Wildman–Crippen MR) is 159 cm³/mol. The molecule has 3 aromatic rings. The van der Waals surface area contributed by atoms with Gasteiger partial charge in [-0.15, -0.1) is 0 Å². The Morgan fingerprint density at radius 2 is 1.37 bits per heavy atom. The van der Waals surface area contributed by atoms with E-state index >= 15 is 0 Å². The third kappa shape index (κ3) is 5.74. The molecule has 5 rings (SSSR count). The molecule has 2 saturated heterocycles. The lowest BCUT2D eigenvalue weighted by Crippen LogP contribution is -2.54. The molecule has 0 bridgehead atoms. The zero-order valence-electron chi connectivity index (χ0n) is 24.4. The summed E-state index contributed by atoms with van der Waals surface area (Å²) in [6.07, 6.45) is 0. The molecule has 43 heavy (non-hydrogen) atoms. The number of anilines is 2. The van der Waals surface area contributed by atoms with Crippen molar-refractivity contribution in [1.82, 2.24) is 9.80 Å². The van der Waals surface area contributed by atoms with E-state index in [1.54, 1.807) is 32.9 Å². The van der Waals surface area contributed by atoms with E-state index in [0.29, 0.717) is 42.9 Å². The van der Waals surface area contributed by atoms with Crippen LogP contribution in [0.25, 0.3) is 0 Å². The number of rotatable bonds is 4. The summed E-state index contributed by atoms with van der Waals surface area (Å²) in [5, 5.41) is 18.4. The van der Waals surface area contributed by atoms with Gasteiger partial charge in [-0.05, 0) is 56.2 Å². The van der Waals surface area contributed by atoms with Crippen molar-refractivity contribution in [1.29, 1.82) is 10.5 Å². The SMILES string of the molecule is Cc1cc(C)c(C(=O)N2CCN(c3cc(F)c(C#N)cc3F)C[C@@H]2C)cc1C(=O)N1CCN(c2ccccc2C#N)CC1. The molecule has 2 heterocycles. The molecule has 8 nitrogen and oxygen atoms in total. The molecule has 0 unspecified atom stereocenters. The van der Waals surface area contributed by atoms with E-state index in [4.69, 9.17) is 5.26 Å². The third-order valence-corrected chi connectivity index (χ3v) is 8.35. The van der Waals surface area contributed by atoms with Gasteiger partial charge in [0.25, 0.3) is 11.8 Å². The summed E-state index contributed by atoms with van der Waals surface area (Å²) < 4.78 is 28.9. The number of benzene rings is 3. The van der Waals surface area contributed by atoms with Crippen molar-refractivity contribution in [3.63, 3.8) is 0 Å². The van der Waals surface area contributed by atoms with Crippen molar-refractivity contribution in [3.05, 3.63) is 93.5 Å². The van der Waals surface area contributed by atoms with Crippen LogP contribution in [0.3, 0.4) is 0 Å². The molecule has 0 spiro atoms. The standard InChI is InChI=1S/C33H32F2N6O2/c1-21-14-22(2)27(16-26(21)32(42)39-10-8-38(9-11-39)30-7-5-4-6-24(30)18-36)33(43)41-13-12-40(20-23(41)3)31-17-28(34)25(19-37)15-29(31)35/h4-7,14-17,23H,8-13,20H2,1-3H3/t23-/m0/s1. The first-order valence-corrected chi connectivity index (χ1v) is 14.2.